The maximum Gasteiger partial charge on any atom is 0.311 e. The molecule has 2 bridgehead atoms. The molecule has 6 nitrogen and oxygen atoms in total. The second-order valence-electron chi connectivity index (χ2n) is 10.1. The van der Waals surface area contributed by atoms with Gasteiger partial charge >= 0.3 is 5.97 Å². The zero-order valence-electron chi connectivity index (χ0n) is 20.3. The van der Waals surface area contributed by atoms with Crippen molar-refractivity contribution in [3.63, 3.8) is 0 Å². The minimum Gasteiger partial charge on any atom is -0.466 e. The molecule has 2 fully saturated rings. The van der Waals surface area contributed by atoms with Gasteiger partial charge in [-0.25, -0.2) is 4.39 Å². The van der Waals surface area contributed by atoms with Gasteiger partial charge in [0.05, 0.1) is 24.8 Å². The Labute approximate surface area is 205 Å². The SMILES string of the molecule is CCOC(=O)[C@H]1C2CCC(C2)[C@H]1NC(=O)C=Cc1nn(Cc2ccc(F)cc2)c2c1CCCCC2. The first-order chi connectivity index (χ1) is 17.0. The highest BCUT2D eigenvalue weighted by atomic mass is 19.1. The summed E-state index contributed by atoms with van der Waals surface area (Å²) in [5.74, 6) is -0.198. The normalized spacial score (nSPS) is 25.4. The number of rotatable bonds is 7. The molecule has 1 heterocycles. The van der Waals surface area contributed by atoms with Crippen LogP contribution in [0.5, 0.6) is 0 Å². The van der Waals surface area contributed by atoms with Crippen LogP contribution in [0.4, 0.5) is 4.39 Å². The molecular weight excluding hydrogens is 445 g/mol. The maximum atomic E-state index is 13.3. The van der Waals surface area contributed by atoms with E-state index >= 15 is 0 Å². The molecule has 186 valence electrons. The van der Waals surface area contributed by atoms with Gasteiger partial charge in [0, 0.05) is 23.4 Å². The van der Waals surface area contributed by atoms with E-state index in [0.717, 1.165) is 56.2 Å². The topological polar surface area (TPSA) is 73.2 Å². The Kier molecular flexibility index (Phi) is 7.02. The van der Waals surface area contributed by atoms with Crippen LogP contribution < -0.4 is 5.32 Å². The first kappa shape index (κ1) is 23.8. The molecule has 7 heteroatoms. The molecule has 0 aliphatic heterocycles. The van der Waals surface area contributed by atoms with E-state index in [1.807, 2.05) is 17.7 Å². The van der Waals surface area contributed by atoms with Gasteiger partial charge in [0.15, 0.2) is 0 Å². The second kappa shape index (κ2) is 10.3. The molecule has 1 aromatic carbocycles. The summed E-state index contributed by atoms with van der Waals surface area (Å²) in [6.45, 7) is 2.76. The van der Waals surface area contributed by atoms with Crippen LogP contribution in [-0.4, -0.2) is 34.3 Å². The summed E-state index contributed by atoms with van der Waals surface area (Å²) in [5.41, 5.74) is 4.24. The van der Waals surface area contributed by atoms with Crippen molar-refractivity contribution in [2.45, 2.75) is 70.9 Å². The number of hydrogen-bond donors (Lipinski definition) is 1. The molecule has 2 saturated carbocycles. The third-order valence-electron chi connectivity index (χ3n) is 7.96. The van der Waals surface area contributed by atoms with E-state index in [1.165, 1.54) is 29.8 Å². The van der Waals surface area contributed by atoms with Crippen LogP contribution in [0.1, 0.15) is 68.0 Å². The number of carbonyl (C=O) groups is 2. The molecule has 4 atom stereocenters. The minimum atomic E-state index is -0.247. The molecule has 0 spiro atoms. The fourth-order valence-electron chi connectivity index (χ4n) is 6.35. The number of benzene rings is 1. The number of aromatic nitrogens is 2. The third-order valence-corrected chi connectivity index (χ3v) is 7.96. The summed E-state index contributed by atoms with van der Waals surface area (Å²) >= 11 is 0. The number of fused-ring (bicyclic) bond motifs is 3. The third kappa shape index (κ3) is 5.04. The molecule has 0 saturated heterocycles. The molecule has 1 N–H and O–H groups in total. The van der Waals surface area contributed by atoms with Crippen LogP contribution in [0.3, 0.4) is 0 Å². The number of carbonyl (C=O) groups excluding carboxylic acids is 2. The van der Waals surface area contributed by atoms with Crippen LogP contribution in [0.25, 0.3) is 6.08 Å². The molecule has 1 amide bonds. The van der Waals surface area contributed by atoms with Gasteiger partial charge in [-0.2, -0.15) is 5.10 Å². The fourth-order valence-corrected chi connectivity index (χ4v) is 6.35. The second-order valence-corrected chi connectivity index (χ2v) is 10.1. The van der Waals surface area contributed by atoms with E-state index in [9.17, 15) is 14.0 Å². The lowest BCUT2D eigenvalue weighted by atomic mass is 9.84. The Morgan fingerprint density at radius 2 is 1.91 bits per heavy atom. The van der Waals surface area contributed by atoms with Crippen molar-refractivity contribution >= 4 is 18.0 Å². The molecule has 2 aromatic rings. The lowest BCUT2D eigenvalue weighted by molar-refractivity contribution is -0.151. The standard InChI is InChI=1S/C28H34FN3O3/c1-2-35-28(34)26-19-10-11-20(16-19)27(26)30-25(33)15-14-23-22-6-4-3-5-7-24(22)32(31-23)17-18-8-12-21(29)13-9-18/h8-9,12-15,19-20,26-27H,2-7,10-11,16-17H2,1H3,(H,30,33)/t19?,20?,26-,27+/m0/s1. The summed E-state index contributed by atoms with van der Waals surface area (Å²) in [4.78, 5) is 25.5. The van der Waals surface area contributed by atoms with Gasteiger partial charge in [0.1, 0.15) is 5.82 Å². The number of nitrogens with one attached hydrogen (secondary N) is 1. The highest BCUT2D eigenvalue weighted by molar-refractivity contribution is 5.92. The predicted molar refractivity (Wildman–Crippen MR) is 131 cm³/mol. The van der Waals surface area contributed by atoms with E-state index in [2.05, 4.69) is 5.32 Å². The predicted octanol–water partition coefficient (Wildman–Crippen LogP) is 4.45. The van der Waals surface area contributed by atoms with Gasteiger partial charge in [0.25, 0.3) is 0 Å². The summed E-state index contributed by atoms with van der Waals surface area (Å²) in [6.07, 6.45) is 11.7. The molecule has 35 heavy (non-hydrogen) atoms. The Bertz CT molecular complexity index is 1110. The largest absolute Gasteiger partial charge is 0.466 e. The van der Waals surface area contributed by atoms with E-state index in [-0.39, 0.29) is 29.7 Å². The summed E-state index contributed by atoms with van der Waals surface area (Å²) in [5, 5.41) is 7.96. The van der Waals surface area contributed by atoms with Crippen LogP contribution in [0.15, 0.2) is 30.3 Å². The summed E-state index contributed by atoms with van der Waals surface area (Å²) in [7, 11) is 0. The summed E-state index contributed by atoms with van der Waals surface area (Å²) in [6, 6.07) is 6.37. The van der Waals surface area contributed by atoms with E-state index < -0.39 is 0 Å². The van der Waals surface area contributed by atoms with Gasteiger partial charge in [-0.3, -0.25) is 14.3 Å². The Morgan fingerprint density at radius 1 is 1.14 bits per heavy atom. The Balaban J connectivity index is 1.32. The first-order valence-electron chi connectivity index (χ1n) is 13.0. The lowest BCUT2D eigenvalue weighted by Crippen LogP contribution is -2.46. The molecule has 0 radical (unpaired) electrons. The van der Waals surface area contributed by atoms with E-state index in [0.29, 0.717) is 25.0 Å². The molecule has 3 aliphatic carbocycles. The van der Waals surface area contributed by atoms with Crippen molar-refractivity contribution < 1.29 is 18.7 Å². The quantitative estimate of drug-likeness (QED) is 0.362. The monoisotopic (exact) mass is 479 g/mol. The highest BCUT2D eigenvalue weighted by Gasteiger charge is 2.52. The highest BCUT2D eigenvalue weighted by Crippen LogP contribution is 2.49. The first-order valence-corrected chi connectivity index (χ1v) is 13.0. The van der Waals surface area contributed by atoms with Crippen molar-refractivity contribution in [3.8, 4) is 0 Å². The smallest absolute Gasteiger partial charge is 0.311 e. The van der Waals surface area contributed by atoms with E-state index in [1.54, 1.807) is 18.2 Å². The van der Waals surface area contributed by atoms with Crippen molar-refractivity contribution in [2.75, 3.05) is 6.61 Å². The average molecular weight is 480 g/mol. The number of esters is 1. The van der Waals surface area contributed by atoms with Gasteiger partial charge < -0.3 is 10.1 Å². The van der Waals surface area contributed by atoms with Crippen LogP contribution in [0, 0.1) is 23.6 Å². The molecule has 1 aromatic heterocycles. The zero-order valence-corrected chi connectivity index (χ0v) is 20.3. The summed E-state index contributed by atoms with van der Waals surface area (Å²) < 4.78 is 20.7. The molecule has 5 rings (SSSR count). The van der Waals surface area contributed by atoms with Crippen molar-refractivity contribution in [3.05, 3.63) is 58.7 Å². The fraction of sp³-hybridized carbons (Fsp3) is 0.536. The van der Waals surface area contributed by atoms with Crippen molar-refractivity contribution in [1.82, 2.24) is 15.1 Å². The average Bonchev–Trinajstić information content (AvgIpc) is 3.47. The number of amides is 1. The van der Waals surface area contributed by atoms with Crippen molar-refractivity contribution in [1.29, 1.82) is 0 Å². The van der Waals surface area contributed by atoms with Crippen molar-refractivity contribution in [2.24, 2.45) is 17.8 Å². The zero-order chi connectivity index (χ0) is 24.4. The lowest BCUT2D eigenvalue weighted by Gasteiger charge is -2.29. The van der Waals surface area contributed by atoms with Crippen LogP contribution in [-0.2, 0) is 33.7 Å². The number of hydrogen-bond acceptors (Lipinski definition) is 4. The number of nitrogens with zero attached hydrogens (tertiary/aromatic N) is 2. The van der Waals surface area contributed by atoms with Crippen LogP contribution >= 0.6 is 0 Å². The number of halogens is 1. The van der Waals surface area contributed by atoms with E-state index in [4.69, 9.17) is 9.84 Å². The molecule has 3 aliphatic rings. The Hall–Kier alpha value is -2.96. The minimum absolute atomic E-state index is 0.155. The van der Waals surface area contributed by atoms with Gasteiger partial charge in [-0.15, -0.1) is 0 Å². The molecule has 2 unspecified atom stereocenters. The van der Waals surface area contributed by atoms with Gasteiger partial charge in [0.2, 0.25) is 5.91 Å². The number of ether oxygens (including phenoxy) is 1. The van der Waals surface area contributed by atoms with Crippen LogP contribution in [0.2, 0.25) is 0 Å². The molecular formula is C28H34FN3O3. The Morgan fingerprint density at radius 3 is 2.71 bits per heavy atom. The van der Waals surface area contributed by atoms with Gasteiger partial charge in [-0.05, 0) is 87.5 Å². The van der Waals surface area contributed by atoms with Gasteiger partial charge in [-0.1, -0.05) is 18.6 Å². The maximum absolute atomic E-state index is 13.3.